The molecule has 8 bridgehead atoms. The highest BCUT2D eigenvalue weighted by atomic mass is 35.5. The van der Waals surface area contributed by atoms with Crippen molar-refractivity contribution in [3.8, 4) is 55.9 Å². The molecule has 0 N–H and O–H groups in total. The van der Waals surface area contributed by atoms with Crippen LogP contribution in [-0.4, -0.2) is 63.9 Å². The normalized spacial score (nSPS) is 28.3. The molecule has 2 aromatic heterocycles. The van der Waals surface area contributed by atoms with E-state index in [2.05, 4.69) is 249 Å². The van der Waals surface area contributed by atoms with Crippen LogP contribution in [0.4, 0.5) is 0 Å². The minimum atomic E-state index is -0.476. The Labute approximate surface area is 655 Å². The van der Waals surface area contributed by atoms with Crippen molar-refractivity contribution in [3.63, 3.8) is 0 Å². The van der Waals surface area contributed by atoms with E-state index >= 15 is 0 Å². The maximum atomic E-state index is 6.44. The molecule has 8 nitrogen and oxygen atoms in total. The Balaban J connectivity index is 0.000000116. The molecule has 12 aromatic rings. The van der Waals surface area contributed by atoms with E-state index < -0.39 is 14.0 Å². The summed E-state index contributed by atoms with van der Waals surface area (Å²) in [6, 6.07) is 82.5. The van der Waals surface area contributed by atoms with E-state index in [4.69, 9.17) is 39.5 Å². The summed E-state index contributed by atoms with van der Waals surface area (Å²) in [7, 11) is -1.34. The van der Waals surface area contributed by atoms with E-state index in [9.17, 15) is 0 Å². The predicted octanol–water partition coefficient (Wildman–Crippen LogP) is 23.5. The Morgan fingerprint density at radius 1 is 0.291 bits per heavy atom. The van der Waals surface area contributed by atoms with Gasteiger partial charge in [0.25, 0.3) is 0 Å². The Bertz CT molecular complexity index is 5610. The molecule has 13 aliphatic rings. The minimum absolute atomic E-state index is 0.192. The van der Waals surface area contributed by atoms with Gasteiger partial charge in [-0.1, -0.05) is 157 Å². The van der Waals surface area contributed by atoms with Gasteiger partial charge in [0, 0.05) is 48.8 Å². The summed E-state index contributed by atoms with van der Waals surface area (Å²) in [6.45, 7) is 24.7. The number of benzene rings is 10. The standard InChI is InChI=1S/C46H44BNO2.C40H32ClN.C12H24B2O4/c1-44(2)45(3,4)50-47(49-44)34-16-20-43-39(27-34)38-10-6-8-12-42(38)48(43)35-17-13-30(14-18-35)31-15-19-37-36-9-5-7-11-40(36)46(41(37)26-31)32-22-28-21-29(24-32)25-33(46)23-28;41-30-12-16-39-35(23-30)34-6-2-4-8-38(34)42(39)31-13-9-26(10-14-31)27-11-15-33-32-5-1-3-7-36(32)40(37(33)22-27)28-18-24-17-25(20-28)21-29(40)19-24;1-9(2)10(3,4)16-13(15-9)14-17-11(5,6)12(7,8)18-14/h5-20,26-29,32-33H,21-25H2,1-4H3;1-16,22-25,28-29H,17-21H2;1-8H3. The van der Waals surface area contributed by atoms with Crippen molar-refractivity contribution in [1.29, 1.82) is 0 Å². The second-order valence-corrected chi connectivity index (χ2v) is 38.5. The number of para-hydroxylation sites is 2. The first-order chi connectivity index (χ1) is 52.8. The number of nitrogens with zero attached hydrogens (tertiary/aromatic N) is 2. The summed E-state index contributed by atoms with van der Waals surface area (Å²) >= 11 is 6.42. The zero-order chi connectivity index (χ0) is 75.1. The van der Waals surface area contributed by atoms with Crippen LogP contribution >= 0.6 is 11.6 Å². The van der Waals surface area contributed by atoms with Gasteiger partial charge in [0.05, 0.1) is 55.7 Å². The molecule has 12 heteroatoms. The Kier molecular flexibility index (Phi) is 15.6. The van der Waals surface area contributed by atoms with Crippen LogP contribution in [0.3, 0.4) is 0 Å². The van der Waals surface area contributed by atoms with Crippen LogP contribution in [0.25, 0.3) is 99.5 Å². The fraction of sp³-hybridized carbons (Fsp3) is 0.388. The molecule has 25 rings (SSSR count). The summed E-state index contributed by atoms with van der Waals surface area (Å²) in [5.41, 5.74) is 24.1. The molecule has 10 aliphatic carbocycles. The monoisotopic (exact) mass is 1470 g/mol. The Hall–Kier alpha value is -7.96. The summed E-state index contributed by atoms with van der Waals surface area (Å²) in [6.07, 6.45) is 14.3. The SMILES string of the molecule is CC1(C)OB(B2OC(C)(C)C(C)(C)O2)OC1(C)C.CC1(C)OB(c2ccc3c(c2)c2ccccc2n3-c2ccc(-c3ccc4c(c3)C3(c5ccccc5-4)C4CC5CC(C4)CC3C5)cc2)OC1(C)C.Clc1ccc2c(c1)c1ccccc1n2-c1ccc(-c2ccc3c(c2)C2(c4ccccc4-3)C3CC4CC(C3)CC2C4)cc1. The van der Waals surface area contributed by atoms with Crippen LogP contribution in [-0.2, 0) is 38.8 Å². The molecule has 0 radical (unpaired) electrons. The molecular formula is C98H100B3ClN2O6. The maximum absolute atomic E-state index is 6.44. The van der Waals surface area contributed by atoms with Crippen molar-refractivity contribution in [3.05, 3.63) is 246 Å². The number of hydrogen-bond acceptors (Lipinski definition) is 6. The lowest BCUT2D eigenvalue weighted by molar-refractivity contribution is -0.0399. The van der Waals surface area contributed by atoms with Gasteiger partial charge >= 0.3 is 21.1 Å². The van der Waals surface area contributed by atoms with E-state index in [-0.39, 0.29) is 51.6 Å². The van der Waals surface area contributed by atoms with Crippen LogP contribution in [0.15, 0.2) is 218 Å². The smallest absolute Gasteiger partial charge is 0.405 e. The Morgan fingerprint density at radius 3 is 1.03 bits per heavy atom. The molecule has 2 spiro atoms. The van der Waals surface area contributed by atoms with E-state index in [1.54, 1.807) is 22.3 Å². The van der Waals surface area contributed by atoms with Crippen LogP contribution in [0.2, 0.25) is 5.02 Å². The summed E-state index contributed by atoms with van der Waals surface area (Å²) in [5.74, 6) is 6.95. The second kappa shape index (κ2) is 24.5. The number of fused-ring (bicyclic) bond motifs is 12. The van der Waals surface area contributed by atoms with Gasteiger partial charge in [0.1, 0.15) is 0 Å². The average molecular weight is 1470 g/mol. The molecule has 0 atom stereocenters. The van der Waals surface area contributed by atoms with Gasteiger partial charge in [-0.25, -0.2) is 0 Å². The molecule has 3 aliphatic heterocycles. The molecule has 5 heterocycles. The summed E-state index contributed by atoms with van der Waals surface area (Å²) in [5, 5.41) is 5.66. The second-order valence-electron chi connectivity index (χ2n) is 38.0. The fourth-order valence-electron chi connectivity index (χ4n) is 23.9. The lowest BCUT2D eigenvalue weighted by Crippen LogP contribution is -2.55. The fourth-order valence-corrected chi connectivity index (χ4v) is 24.1. The first-order valence-electron chi connectivity index (χ1n) is 41.3. The first kappa shape index (κ1) is 69.9. The average Bonchev–Trinajstić information content (AvgIpc) is 1.48. The van der Waals surface area contributed by atoms with E-state index in [0.717, 1.165) is 57.8 Å². The molecule has 0 unspecified atom stereocenters. The minimum Gasteiger partial charge on any atom is -0.405 e. The van der Waals surface area contributed by atoms with E-state index in [0.29, 0.717) is 0 Å². The molecule has 0 amide bonds. The molecule has 8 saturated carbocycles. The van der Waals surface area contributed by atoms with Gasteiger partial charge < -0.3 is 37.1 Å². The van der Waals surface area contributed by atoms with Gasteiger partial charge in [-0.05, 0) is 340 Å². The zero-order valence-electron chi connectivity index (χ0n) is 65.9. The highest BCUT2D eigenvalue weighted by Crippen LogP contribution is 2.71. The van der Waals surface area contributed by atoms with E-state index in [1.807, 2.05) is 61.5 Å². The number of halogens is 1. The quantitative estimate of drug-likeness (QED) is 0.155. The van der Waals surface area contributed by atoms with Crippen molar-refractivity contribution >= 4 is 81.8 Å². The largest absolute Gasteiger partial charge is 0.494 e. The number of hydrogen-bond donors (Lipinski definition) is 0. The third kappa shape index (κ3) is 10.3. The third-order valence-corrected chi connectivity index (χ3v) is 30.9. The lowest BCUT2D eigenvalue weighted by Gasteiger charge is -2.61. The Morgan fingerprint density at radius 2 is 0.618 bits per heavy atom. The molecule has 110 heavy (non-hydrogen) atoms. The molecule has 3 saturated heterocycles. The molecule has 10 aromatic carbocycles. The van der Waals surface area contributed by atoms with E-state index in [1.165, 1.54) is 164 Å². The molecule has 554 valence electrons. The van der Waals surface area contributed by atoms with Crippen molar-refractivity contribution in [1.82, 2.24) is 9.13 Å². The maximum Gasteiger partial charge on any atom is 0.494 e. The summed E-state index contributed by atoms with van der Waals surface area (Å²) in [4.78, 5) is 0. The van der Waals surface area contributed by atoms with Gasteiger partial charge in [0.2, 0.25) is 0 Å². The van der Waals surface area contributed by atoms with Crippen molar-refractivity contribution in [2.45, 2.75) is 192 Å². The van der Waals surface area contributed by atoms with Crippen molar-refractivity contribution < 1.29 is 27.9 Å². The van der Waals surface area contributed by atoms with Crippen LogP contribution < -0.4 is 5.46 Å². The highest BCUT2D eigenvalue weighted by Gasteiger charge is 2.66. The number of aromatic nitrogens is 2. The van der Waals surface area contributed by atoms with Crippen LogP contribution in [0.5, 0.6) is 0 Å². The van der Waals surface area contributed by atoms with Gasteiger partial charge in [-0.2, -0.15) is 0 Å². The third-order valence-electron chi connectivity index (χ3n) is 30.6. The van der Waals surface area contributed by atoms with Gasteiger partial charge in [-0.15, -0.1) is 0 Å². The van der Waals surface area contributed by atoms with Crippen molar-refractivity contribution in [2.75, 3.05) is 0 Å². The first-order valence-corrected chi connectivity index (χ1v) is 41.6. The predicted molar refractivity (Wildman–Crippen MR) is 452 cm³/mol. The molecular weight excluding hydrogens is 1370 g/mol. The molecule has 11 fully saturated rings. The van der Waals surface area contributed by atoms with Gasteiger partial charge in [-0.3, -0.25) is 0 Å². The highest BCUT2D eigenvalue weighted by molar-refractivity contribution is 7.11. The van der Waals surface area contributed by atoms with Crippen molar-refractivity contribution in [2.24, 2.45) is 47.3 Å². The number of rotatable bonds is 6. The van der Waals surface area contributed by atoms with Crippen LogP contribution in [0, 0.1) is 47.3 Å². The zero-order valence-corrected chi connectivity index (χ0v) is 66.7. The summed E-state index contributed by atoms with van der Waals surface area (Å²) < 4.78 is 41.5. The van der Waals surface area contributed by atoms with Gasteiger partial charge in [0.15, 0.2) is 0 Å². The topological polar surface area (TPSA) is 65.2 Å². The van der Waals surface area contributed by atoms with Crippen LogP contribution in [0.1, 0.15) is 170 Å². The lowest BCUT2D eigenvalue weighted by atomic mass is 9.43.